The van der Waals surface area contributed by atoms with Crippen molar-refractivity contribution >= 4 is 5.91 Å². The maximum atomic E-state index is 12.3. The highest BCUT2D eigenvalue weighted by Crippen LogP contribution is 2.29. The van der Waals surface area contributed by atoms with Crippen molar-refractivity contribution < 1.29 is 9.90 Å². The van der Waals surface area contributed by atoms with Crippen molar-refractivity contribution in [3.05, 3.63) is 0 Å². The molecule has 1 saturated carbocycles. The molecule has 0 spiro atoms. The molecule has 2 aliphatic rings. The topological polar surface area (TPSA) is 61.4 Å². The van der Waals surface area contributed by atoms with Gasteiger partial charge in [0.1, 0.15) is 0 Å². The van der Waals surface area contributed by atoms with Crippen LogP contribution >= 0.6 is 0 Å². The first-order valence-corrected chi connectivity index (χ1v) is 6.82. The molecule has 2 rings (SSSR count). The molecule has 0 unspecified atom stereocenters. The SMILES string of the molecule is CC1(C(=O)N[C@H]2CCCC[C@@H]2O)CCNCC1. The van der Waals surface area contributed by atoms with E-state index in [1.165, 1.54) is 0 Å². The van der Waals surface area contributed by atoms with E-state index in [0.29, 0.717) is 0 Å². The average Bonchev–Trinajstić information content (AvgIpc) is 2.33. The number of aliphatic hydroxyl groups excluding tert-OH is 1. The lowest BCUT2D eigenvalue weighted by atomic mass is 9.79. The summed E-state index contributed by atoms with van der Waals surface area (Å²) < 4.78 is 0. The van der Waals surface area contributed by atoms with Crippen molar-refractivity contribution in [2.75, 3.05) is 13.1 Å². The number of aliphatic hydroxyl groups is 1. The Morgan fingerprint density at radius 2 is 1.94 bits per heavy atom. The molecule has 3 N–H and O–H groups in total. The summed E-state index contributed by atoms with van der Waals surface area (Å²) in [6.07, 6.45) is 5.36. The molecule has 0 aromatic heterocycles. The maximum absolute atomic E-state index is 12.3. The highest BCUT2D eigenvalue weighted by molar-refractivity contribution is 5.82. The molecule has 98 valence electrons. The van der Waals surface area contributed by atoms with Gasteiger partial charge in [-0.3, -0.25) is 4.79 Å². The molecule has 17 heavy (non-hydrogen) atoms. The Morgan fingerprint density at radius 3 is 2.59 bits per heavy atom. The second-order valence-corrected chi connectivity index (χ2v) is 5.74. The molecule has 1 aliphatic carbocycles. The number of carbonyl (C=O) groups excluding carboxylic acids is 1. The van der Waals surface area contributed by atoms with Gasteiger partial charge in [0.05, 0.1) is 12.1 Å². The minimum absolute atomic E-state index is 0.0250. The van der Waals surface area contributed by atoms with E-state index in [1.807, 2.05) is 6.92 Å². The molecule has 1 heterocycles. The summed E-state index contributed by atoms with van der Waals surface area (Å²) >= 11 is 0. The van der Waals surface area contributed by atoms with Gasteiger partial charge in [0.2, 0.25) is 5.91 Å². The standard InChI is InChI=1S/C13H24N2O2/c1-13(6-8-14-9-7-13)12(17)15-10-4-2-3-5-11(10)16/h10-11,14,16H,2-9H2,1H3,(H,15,17)/t10-,11-/m0/s1. The molecule has 2 fully saturated rings. The van der Waals surface area contributed by atoms with Crippen molar-refractivity contribution in [2.24, 2.45) is 5.41 Å². The van der Waals surface area contributed by atoms with Crippen molar-refractivity contribution in [3.8, 4) is 0 Å². The van der Waals surface area contributed by atoms with Crippen LogP contribution in [0.4, 0.5) is 0 Å². The Bertz CT molecular complexity index is 275. The van der Waals surface area contributed by atoms with Gasteiger partial charge in [-0.15, -0.1) is 0 Å². The predicted octanol–water partition coefficient (Wildman–Crippen LogP) is 0.796. The van der Waals surface area contributed by atoms with E-state index in [0.717, 1.165) is 51.6 Å². The fourth-order valence-electron chi connectivity index (χ4n) is 2.83. The summed E-state index contributed by atoms with van der Waals surface area (Å²) in [5.41, 5.74) is -0.248. The zero-order chi connectivity index (χ0) is 12.3. The van der Waals surface area contributed by atoms with E-state index < -0.39 is 0 Å². The quantitative estimate of drug-likeness (QED) is 0.669. The van der Waals surface area contributed by atoms with Crippen LogP contribution in [0.25, 0.3) is 0 Å². The molecule has 0 radical (unpaired) electrons. The molecule has 0 bridgehead atoms. The van der Waals surface area contributed by atoms with Gasteiger partial charge in [-0.1, -0.05) is 19.8 Å². The summed E-state index contributed by atoms with van der Waals surface area (Å²) in [5.74, 6) is 0.130. The van der Waals surface area contributed by atoms with Crippen LogP contribution in [0.5, 0.6) is 0 Å². The highest BCUT2D eigenvalue weighted by Gasteiger charge is 2.36. The zero-order valence-electron chi connectivity index (χ0n) is 10.7. The normalized spacial score (nSPS) is 33.1. The molecular formula is C13H24N2O2. The third-order valence-electron chi connectivity index (χ3n) is 4.30. The number of carbonyl (C=O) groups is 1. The second-order valence-electron chi connectivity index (χ2n) is 5.74. The number of rotatable bonds is 2. The maximum Gasteiger partial charge on any atom is 0.226 e. The summed E-state index contributed by atoms with van der Waals surface area (Å²) in [6, 6.07) is -0.0250. The van der Waals surface area contributed by atoms with E-state index >= 15 is 0 Å². The fourth-order valence-corrected chi connectivity index (χ4v) is 2.83. The lowest BCUT2D eigenvalue weighted by Crippen LogP contribution is -2.52. The molecule has 0 aromatic rings. The van der Waals surface area contributed by atoms with Gasteiger partial charge in [-0.25, -0.2) is 0 Å². The van der Waals surface area contributed by atoms with Gasteiger partial charge >= 0.3 is 0 Å². The van der Waals surface area contributed by atoms with Crippen molar-refractivity contribution in [1.29, 1.82) is 0 Å². The average molecular weight is 240 g/mol. The largest absolute Gasteiger partial charge is 0.391 e. The monoisotopic (exact) mass is 240 g/mol. The molecule has 2 atom stereocenters. The van der Waals surface area contributed by atoms with E-state index in [4.69, 9.17) is 0 Å². The van der Waals surface area contributed by atoms with Gasteiger partial charge in [-0.05, 0) is 38.8 Å². The Labute approximate surface area is 103 Å². The van der Waals surface area contributed by atoms with Crippen LogP contribution in [0.2, 0.25) is 0 Å². The summed E-state index contributed by atoms with van der Waals surface area (Å²) in [4.78, 5) is 12.3. The molecule has 4 heteroatoms. The van der Waals surface area contributed by atoms with Gasteiger partial charge in [0.25, 0.3) is 0 Å². The highest BCUT2D eigenvalue weighted by atomic mass is 16.3. The first-order chi connectivity index (χ1) is 8.12. The minimum Gasteiger partial charge on any atom is -0.391 e. The van der Waals surface area contributed by atoms with Crippen molar-refractivity contribution in [1.82, 2.24) is 10.6 Å². The van der Waals surface area contributed by atoms with Crippen LogP contribution in [0.3, 0.4) is 0 Å². The molecule has 1 saturated heterocycles. The first-order valence-electron chi connectivity index (χ1n) is 6.82. The van der Waals surface area contributed by atoms with E-state index in [9.17, 15) is 9.90 Å². The number of hydrogen-bond donors (Lipinski definition) is 3. The second kappa shape index (κ2) is 5.36. The summed E-state index contributed by atoms with van der Waals surface area (Å²) in [7, 11) is 0. The van der Waals surface area contributed by atoms with E-state index in [1.54, 1.807) is 0 Å². The Kier molecular flexibility index (Phi) is 4.05. The Balaban J connectivity index is 1.90. The minimum atomic E-state index is -0.349. The van der Waals surface area contributed by atoms with Crippen molar-refractivity contribution in [2.45, 2.75) is 57.6 Å². The van der Waals surface area contributed by atoms with Crippen LogP contribution in [-0.2, 0) is 4.79 Å². The third kappa shape index (κ3) is 2.99. The number of amides is 1. The molecule has 1 amide bonds. The third-order valence-corrected chi connectivity index (χ3v) is 4.30. The van der Waals surface area contributed by atoms with Gasteiger partial charge in [0.15, 0.2) is 0 Å². The molecule has 1 aliphatic heterocycles. The Hall–Kier alpha value is -0.610. The predicted molar refractivity (Wildman–Crippen MR) is 66.6 cm³/mol. The molecular weight excluding hydrogens is 216 g/mol. The number of hydrogen-bond acceptors (Lipinski definition) is 3. The van der Waals surface area contributed by atoms with Crippen LogP contribution in [-0.4, -0.2) is 36.2 Å². The van der Waals surface area contributed by atoms with Crippen LogP contribution < -0.4 is 10.6 Å². The lowest BCUT2D eigenvalue weighted by Gasteiger charge is -2.36. The fraction of sp³-hybridized carbons (Fsp3) is 0.923. The van der Waals surface area contributed by atoms with Crippen LogP contribution in [0, 0.1) is 5.41 Å². The first kappa shape index (κ1) is 12.8. The molecule has 4 nitrogen and oxygen atoms in total. The van der Waals surface area contributed by atoms with Crippen molar-refractivity contribution in [3.63, 3.8) is 0 Å². The van der Waals surface area contributed by atoms with Gasteiger partial charge < -0.3 is 15.7 Å². The zero-order valence-corrected chi connectivity index (χ0v) is 10.7. The van der Waals surface area contributed by atoms with E-state index in [-0.39, 0.29) is 23.5 Å². The van der Waals surface area contributed by atoms with Crippen LogP contribution in [0.1, 0.15) is 45.4 Å². The van der Waals surface area contributed by atoms with E-state index in [2.05, 4.69) is 10.6 Å². The summed E-state index contributed by atoms with van der Waals surface area (Å²) in [6.45, 7) is 3.87. The van der Waals surface area contributed by atoms with Gasteiger partial charge in [0, 0.05) is 5.41 Å². The van der Waals surface area contributed by atoms with Gasteiger partial charge in [-0.2, -0.15) is 0 Å². The number of nitrogens with one attached hydrogen (secondary N) is 2. The Morgan fingerprint density at radius 1 is 1.29 bits per heavy atom. The number of piperidine rings is 1. The van der Waals surface area contributed by atoms with Crippen LogP contribution in [0.15, 0.2) is 0 Å². The summed E-state index contributed by atoms with van der Waals surface area (Å²) in [5, 5.41) is 16.2. The smallest absolute Gasteiger partial charge is 0.226 e. The molecule has 0 aromatic carbocycles. The lowest BCUT2D eigenvalue weighted by molar-refractivity contribution is -0.133.